The minimum Gasteiger partial charge on any atom is -0.441 e. The average molecular weight is 238 g/mol. The normalized spacial score (nSPS) is 18.6. The van der Waals surface area contributed by atoms with E-state index in [9.17, 15) is 0 Å². The minimum absolute atomic E-state index is 0.0313. The molecule has 0 unspecified atom stereocenters. The molecule has 1 aromatic heterocycles. The number of halogens is 1. The molecule has 84 valence electrons. The summed E-state index contributed by atoms with van der Waals surface area (Å²) in [5, 5.41) is 0. The molecule has 1 fully saturated rings. The maximum absolute atomic E-state index is 6.02. The molecular formula is C12H12ClNO2. The number of aryl methyl sites for hydroxylation is 1. The molecule has 0 radical (unpaired) electrons. The van der Waals surface area contributed by atoms with Gasteiger partial charge in [0, 0.05) is 12.8 Å². The van der Waals surface area contributed by atoms with Crippen LogP contribution in [-0.2, 0) is 10.2 Å². The molecule has 3 nitrogen and oxygen atoms in total. The highest BCUT2D eigenvalue weighted by atomic mass is 35.5. The zero-order valence-electron chi connectivity index (χ0n) is 9.00. The number of rotatable bonds is 2. The van der Waals surface area contributed by atoms with E-state index in [-0.39, 0.29) is 5.41 Å². The number of ether oxygens (including phenoxy) is 1. The summed E-state index contributed by atoms with van der Waals surface area (Å²) in [4.78, 5) is 4.28. The molecule has 2 heterocycles. The van der Waals surface area contributed by atoms with Gasteiger partial charge in [-0.25, -0.2) is 4.98 Å². The van der Waals surface area contributed by atoms with E-state index in [1.165, 1.54) is 5.56 Å². The SMILES string of the molecule is Cc1nc2ccc(C3(CCl)COC3)cc2o1. The summed E-state index contributed by atoms with van der Waals surface area (Å²) in [6, 6.07) is 6.07. The first kappa shape index (κ1) is 10.1. The third-order valence-electron chi connectivity index (χ3n) is 3.12. The second-order valence-electron chi connectivity index (χ2n) is 4.32. The van der Waals surface area contributed by atoms with E-state index in [2.05, 4.69) is 11.1 Å². The van der Waals surface area contributed by atoms with Crippen molar-refractivity contribution < 1.29 is 9.15 Å². The number of nitrogens with zero attached hydrogens (tertiary/aromatic N) is 1. The summed E-state index contributed by atoms with van der Waals surface area (Å²) < 4.78 is 10.8. The van der Waals surface area contributed by atoms with Crippen molar-refractivity contribution in [3.05, 3.63) is 29.7 Å². The van der Waals surface area contributed by atoms with Crippen LogP contribution >= 0.6 is 11.6 Å². The molecule has 3 rings (SSSR count). The molecule has 0 spiro atoms. The Hall–Kier alpha value is -1.06. The van der Waals surface area contributed by atoms with Gasteiger partial charge in [-0.2, -0.15) is 0 Å². The fraction of sp³-hybridized carbons (Fsp3) is 0.417. The van der Waals surface area contributed by atoms with Crippen LogP contribution in [0.3, 0.4) is 0 Å². The molecule has 0 amide bonds. The van der Waals surface area contributed by atoms with Gasteiger partial charge in [0.15, 0.2) is 11.5 Å². The number of alkyl halides is 1. The Kier molecular flexibility index (Phi) is 2.19. The van der Waals surface area contributed by atoms with E-state index in [1.54, 1.807) is 0 Å². The van der Waals surface area contributed by atoms with Gasteiger partial charge in [0.25, 0.3) is 0 Å². The maximum Gasteiger partial charge on any atom is 0.192 e. The van der Waals surface area contributed by atoms with Crippen LogP contribution < -0.4 is 0 Å². The van der Waals surface area contributed by atoms with Gasteiger partial charge in [0.05, 0.1) is 18.6 Å². The Balaban J connectivity index is 2.10. The Morgan fingerprint density at radius 3 is 2.88 bits per heavy atom. The van der Waals surface area contributed by atoms with Crippen LogP contribution in [0.1, 0.15) is 11.5 Å². The lowest BCUT2D eigenvalue weighted by molar-refractivity contribution is -0.0479. The molecule has 1 aliphatic rings. The molecule has 1 aromatic carbocycles. The van der Waals surface area contributed by atoms with Crippen LogP contribution in [0.2, 0.25) is 0 Å². The Labute approximate surface area is 98.4 Å². The first-order valence-corrected chi connectivity index (χ1v) is 5.78. The van der Waals surface area contributed by atoms with Crippen molar-refractivity contribution in [2.75, 3.05) is 19.1 Å². The van der Waals surface area contributed by atoms with Gasteiger partial charge in [-0.15, -0.1) is 11.6 Å². The van der Waals surface area contributed by atoms with Gasteiger partial charge in [-0.05, 0) is 17.7 Å². The lowest BCUT2D eigenvalue weighted by Crippen LogP contribution is -2.48. The van der Waals surface area contributed by atoms with Crippen LogP contribution in [0.15, 0.2) is 22.6 Å². The van der Waals surface area contributed by atoms with E-state index in [1.807, 2.05) is 19.1 Å². The lowest BCUT2D eigenvalue weighted by Gasteiger charge is -2.40. The maximum atomic E-state index is 6.02. The summed E-state index contributed by atoms with van der Waals surface area (Å²) in [5.74, 6) is 1.27. The number of benzene rings is 1. The van der Waals surface area contributed by atoms with Crippen LogP contribution in [0.25, 0.3) is 11.1 Å². The summed E-state index contributed by atoms with van der Waals surface area (Å²) in [6.07, 6.45) is 0. The summed E-state index contributed by atoms with van der Waals surface area (Å²) in [5.41, 5.74) is 2.87. The van der Waals surface area contributed by atoms with Crippen LogP contribution in [0, 0.1) is 6.92 Å². The van der Waals surface area contributed by atoms with E-state index in [0.717, 1.165) is 11.1 Å². The molecule has 1 aliphatic heterocycles. The molecule has 16 heavy (non-hydrogen) atoms. The Morgan fingerprint density at radius 1 is 1.44 bits per heavy atom. The van der Waals surface area contributed by atoms with E-state index < -0.39 is 0 Å². The van der Waals surface area contributed by atoms with Crippen molar-refractivity contribution in [3.8, 4) is 0 Å². The Morgan fingerprint density at radius 2 is 2.25 bits per heavy atom. The van der Waals surface area contributed by atoms with Crippen molar-refractivity contribution in [1.82, 2.24) is 4.98 Å². The Bertz CT molecular complexity index is 525. The highest BCUT2D eigenvalue weighted by Crippen LogP contribution is 2.35. The summed E-state index contributed by atoms with van der Waals surface area (Å²) in [7, 11) is 0. The highest BCUT2D eigenvalue weighted by molar-refractivity contribution is 6.18. The number of oxazole rings is 1. The van der Waals surface area contributed by atoms with E-state index in [4.69, 9.17) is 20.8 Å². The largest absolute Gasteiger partial charge is 0.441 e. The predicted molar refractivity (Wildman–Crippen MR) is 62.0 cm³/mol. The zero-order valence-corrected chi connectivity index (χ0v) is 9.75. The zero-order chi connectivity index (χ0) is 11.2. The first-order valence-electron chi connectivity index (χ1n) is 5.25. The highest BCUT2D eigenvalue weighted by Gasteiger charge is 2.39. The molecule has 0 atom stereocenters. The van der Waals surface area contributed by atoms with Crippen LogP contribution in [0.5, 0.6) is 0 Å². The molecular weight excluding hydrogens is 226 g/mol. The quantitative estimate of drug-likeness (QED) is 0.754. The number of hydrogen-bond donors (Lipinski definition) is 0. The number of fused-ring (bicyclic) bond motifs is 1. The molecule has 0 bridgehead atoms. The van der Waals surface area contributed by atoms with Gasteiger partial charge >= 0.3 is 0 Å². The minimum atomic E-state index is -0.0313. The third-order valence-corrected chi connectivity index (χ3v) is 3.63. The van der Waals surface area contributed by atoms with Gasteiger partial charge in [0.1, 0.15) is 5.52 Å². The fourth-order valence-electron chi connectivity index (χ4n) is 2.04. The second-order valence-corrected chi connectivity index (χ2v) is 4.59. The van der Waals surface area contributed by atoms with Gasteiger partial charge in [-0.3, -0.25) is 0 Å². The smallest absolute Gasteiger partial charge is 0.192 e. The second kappa shape index (κ2) is 3.47. The molecule has 4 heteroatoms. The predicted octanol–water partition coefficient (Wildman–Crippen LogP) is 2.64. The summed E-state index contributed by atoms with van der Waals surface area (Å²) >= 11 is 6.02. The fourth-order valence-corrected chi connectivity index (χ4v) is 2.35. The van der Waals surface area contributed by atoms with Crippen LogP contribution in [-0.4, -0.2) is 24.1 Å². The molecule has 0 saturated carbocycles. The monoisotopic (exact) mass is 237 g/mol. The standard InChI is InChI=1S/C12H12ClNO2/c1-8-14-10-3-2-9(4-11(10)16-8)12(5-13)6-15-7-12/h2-4H,5-7H2,1H3. The van der Waals surface area contributed by atoms with Crippen molar-refractivity contribution in [2.45, 2.75) is 12.3 Å². The van der Waals surface area contributed by atoms with Gasteiger partial charge in [-0.1, -0.05) is 6.07 Å². The average Bonchev–Trinajstić information content (AvgIpc) is 2.56. The van der Waals surface area contributed by atoms with Gasteiger partial charge < -0.3 is 9.15 Å². The molecule has 0 aliphatic carbocycles. The number of hydrogen-bond acceptors (Lipinski definition) is 3. The van der Waals surface area contributed by atoms with Gasteiger partial charge in [0.2, 0.25) is 0 Å². The van der Waals surface area contributed by atoms with Crippen LogP contribution in [0.4, 0.5) is 0 Å². The first-order chi connectivity index (χ1) is 7.73. The number of aromatic nitrogens is 1. The summed E-state index contributed by atoms with van der Waals surface area (Å²) in [6.45, 7) is 3.23. The molecule has 0 N–H and O–H groups in total. The topological polar surface area (TPSA) is 35.3 Å². The van der Waals surface area contributed by atoms with Crippen molar-refractivity contribution in [1.29, 1.82) is 0 Å². The molecule has 2 aromatic rings. The lowest BCUT2D eigenvalue weighted by atomic mass is 9.80. The molecule has 1 saturated heterocycles. The van der Waals surface area contributed by atoms with E-state index in [0.29, 0.717) is 25.0 Å². The van der Waals surface area contributed by atoms with Crippen molar-refractivity contribution in [3.63, 3.8) is 0 Å². The third kappa shape index (κ3) is 1.35. The van der Waals surface area contributed by atoms with Crippen molar-refractivity contribution >= 4 is 22.7 Å². The van der Waals surface area contributed by atoms with Crippen molar-refractivity contribution in [2.24, 2.45) is 0 Å². The van der Waals surface area contributed by atoms with E-state index >= 15 is 0 Å².